The van der Waals surface area contributed by atoms with Crippen molar-refractivity contribution in [1.29, 1.82) is 0 Å². The molecule has 0 aliphatic carbocycles. The molecular formula is C7H15NOS. The molecule has 1 N–H and O–H groups in total. The topological polar surface area (TPSA) is 29.1 Å². The first-order valence-electron chi connectivity index (χ1n) is 3.86. The molecule has 1 aliphatic rings. The van der Waals surface area contributed by atoms with Crippen LogP contribution in [0.25, 0.3) is 0 Å². The van der Waals surface area contributed by atoms with Gasteiger partial charge in [-0.2, -0.15) is 0 Å². The minimum atomic E-state index is -0.577. The van der Waals surface area contributed by atoms with Crippen molar-refractivity contribution >= 4 is 10.8 Å². The van der Waals surface area contributed by atoms with Crippen LogP contribution in [-0.4, -0.2) is 27.8 Å². The van der Waals surface area contributed by atoms with E-state index >= 15 is 0 Å². The van der Waals surface area contributed by atoms with Crippen LogP contribution in [0.5, 0.6) is 0 Å². The van der Waals surface area contributed by atoms with Crippen LogP contribution in [0.4, 0.5) is 0 Å². The summed E-state index contributed by atoms with van der Waals surface area (Å²) in [5.74, 6) is 0.831. The Morgan fingerprint density at radius 2 is 2.40 bits per heavy atom. The Hall–Kier alpha value is 0.110. The molecule has 1 heterocycles. The second kappa shape index (κ2) is 3.49. The SMILES string of the molecule is CCC1NCCS(=O)C1C. The molecule has 0 aromatic carbocycles. The minimum Gasteiger partial charge on any atom is -0.312 e. The molecule has 1 fully saturated rings. The van der Waals surface area contributed by atoms with Crippen molar-refractivity contribution in [3.8, 4) is 0 Å². The number of hydrogen-bond acceptors (Lipinski definition) is 2. The fourth-order valence-electron chi connectivity index (χ4n) is 1.36. The van der Waals surface area contributed by atoms with Crippen molar-refractivity contribution < 1.29 is 4.21 Å². The summed E-state index contributed by atoms with van der Waals surface area (Å²) in [6, 6.07) is 0.481. The Labute approximate surface area is 64.8 Å². The van der Waals surface area contributed by atoms with E-state index in [1.54, 1.807) is 0 Å². The fourth-order valence-corrected chi connectivity index (χ4v) is 2.70. The van der Waals surface area contributed by atoms with Gasteiger partial charge in [-0.05, 0) is 13.3 Å². The van der Waals surface area contributed by atoms with Crippen LogP contribution in [0.3, 0.4) is 0 Å². The summed E-state index contributed by atoms with van der Waals surface area (Å²) in [4.78, 5) is 0. The first-order chi connectivity index (χ1) is 4.75. The molecule has 60 valence electrons. The molecule has 1 saturated heterocycles. The van der Waals surface area contributed by atoms with E-state index in [1.165, 1.54) is 0 Å². The lowest BCUT2D eigenvalue weighted by molar-refractivity contribution is 0.483. The summed E-state index contributed by atoms with van der Waals surface area (Å²) in [7, 11) is -0.577. The molecule has 0 radical (unpaired) electrons. The van der Waals surface area contributed by atoms with Crippen LogP contribution in [0.15, 0.2) is 0 Å². The third kappa shape index (κ3) is 1.58. The van der Waals surface area contributed by atoms with E-state index in [1.807, 2.05) is 0 Å². The number of nitrogens with one attached hydrogen (secondary N) is 1. The van der Waals surface area contributed by atoms with Crippen molar-refractivity contribution in [3.05, 3.63) is 0 Å². The highest BCUT2D eigenvalue weighted by Crippen LogP contribution is 2.09. The highest BCUT2D eigenvalue weighted by atomic mass is 32.2. The molecule has 0 aromatic rings. The van der Waals surface area contributed by atoms with Crippen molar-refractivity contribution in [2.45, 2.75) is 31.6 Å². The average Bonchev–Trinajstić information content (AvgIpc) is 1.95. The third-order valence-electron chi connectivity index (χ3n) is 2.13. The summed E-state index contributed by atoms with van der Waals surface area (Å²) in [6.45, 7) is 5.13. The van der Waals surface area contributed by atoms with E-state index in [9.17, 15) is 4.21 Å². The third-order valence-corrected chi connectivity index (χ3v) is 3.90. The Morgan fingerprint density at radius 3 is 2.90 bits per heavy atom. The lowest BCUT2D eigenvalue weighted by Crippen LogP contribution is -2.47. The van der Waals surface area contributed by atoms with E-state index in [0.717, 1.165) is 18.7 Å². The standard InChI is InChI=1S/C7H15NOS/c1-3-7-6(2)10(9)5-4-8-7/h6-8H,3-5H2,1-2H3. The summed E-state index contributed by atoms with van der Waals surface area (Å²) < 4.78 is 11.2. The quantitative estimate of drug-likeness (QED) is 0.607. The van der Waals surface area contributed by atoms with Gasteiger partial charge in [-0.15, -0.1) is 0 Å². The average molecular weight is 161 g/mol. The Balaban J connectivity index is 2.51. The van der Waals surface area contributed by atoms with Crippen molar-refractivity contribution in [1.82, 2.24) is 5.32 Å². The molecule has 1 rings (SSSR count). The van der Waals surface area contributed by atoms with Gasteiger partial charge in [0.15, 0.2) is 0 Å². The number of rotatable bonds is 1. The molecule has 0 saturated carbocycles. The molecule has 0 bridgehead atoms. The van der Waals surface area contributed by atoms with Gasteiger partial charge in [0, 0.05) is 34.4 Å². The molecule has 0 aromatic heterocycles. The summed E-state index contributed by atoms with van der Waals surface area (Å²) >= 11 is 0. The van der Waals surface area contributed by atoms with Gasteiger partial charge in [-0.3, -0.25) is 4.21 Å². The van der Waals surface area contributed by atoms with E-state index < -0.39 is 10.8 Å². The van der Waals surface area contributed by atoms with E-state index in [4.69, 9.17) is 0 Å². The van der Waals surface area contributed by atoms with E-state index in [2.05, 4.69) is 19.2 Å². The lowest BCUT2D eigenvalue weighted by Gasteiger charge is -2.28. The second-order valence-electron chi connectivity index (χ2n) is 2.76. The predicted octanol–water partition coefficient (Wildman–Crippen LogP) is 0.505. The van der Waals surface area contributed by atoms with Crippen LogP contribution in [0.1, 0.15) is 20.3 Å². The largest absolute Gasteiger partial charge is 0.312 e. The van der Waals surface area contributed by atoms with Gasteiger partial charge in [0.1, 0.15) is 0 Å². The summed E-state index contributed by atoms with van der Waals surface area (Å²) in [6.07, 6.45) is 1.09. The second-order valence-corrected chi connectivity index (χ2v) is 4.67. The molecule has 2 nitrogen and oxygen atoms in total. The highest BCUT2D eigenvalue weighted by Gasteiger charge is 2.24. The van der Waals surface area contributed by atoms with Crippen LogP contribution in [0.2, 0.25) is 0 Å². The maximum atomic E-state index is 11.2. The van der Waals surface area contributed by atoms with Gasteiger partial charge in [-0.25, -0.2) is 0 Å². The van der Waals surface area contributed by atoms with Gasteiger partial charge < -0.3 is 5.32 Å². The Kier molecular flexibility index (Phi) is 2.86. The molecule has 0 spiro atoms. The van der Waals surface area contributed by atoms with Gasteiger partial charge in [0.05, 0.1) is 0 Å². The molecule has 3 heteroatoms. The van der Waals surface area contributed by atoms with Crippen molar-refractivity contribution in [2.75, 3.05) is 12.3 Å². The highest BCUT2D eigenvalue weighted by molar-refractivity contribution is 7.85. The maximum absolute atomic E-state index is 11.2. The Morgan fingerprint density at radius 1 is 1.70 bits per heavy atom. The van der Waals surface area contributed by atoms with Crippen LogP contribution in [0, 0.1) is 0 Å². The minimum absolute atomic E-state index is 0.346. The van der Waals surface area contributed by atoms with Crippen LogP contribution >= 0.6 is 0 Å². The zero-order chi connectivity index (χ0) is 7.56. The van der Waals surface area contributed by atoms with Crippen LogP contribution in [-0.2, 0) is 10.8 Å². The molecule has 0 amide bonds. The van der Waals surface area contributed by atoms with E-state index in [0.29, 0.717) is 11.3 Å². The van der Waals surface area contributed by atoms with Crippen molar-refractivity contribution in [2.24, 2.45) is 0 Å². The summed E-state index contributed by atoms with van der Waals surface area (Å²) in [5.41, 5.74) is 0. The van der Waals surface area contributed by atoms with Crippen LogP contribution < -0.4 is 5.32 Å². The first-order valence-corrected chi connectivity index (χ1v) is 5.24. The number of hydrogen-bond donors (Lipinski definition) is 1. The smallest absolute Gasteiger partial charge is 0.0473 e. The molecule has 3 unspecified atom stereocenters. The van der Waals surface area contributed by atoms with Gasteiger partial charge in [0.25, 0.3) is 0 Å². The molecule has 10 heavy (non-hydrogen) atoms. The monoisotopic (exact) mass is 161 g/mol. The fraction of sp³-hybridized carbons (Fsp3) is 1.00. The Bertz CT molecular complexity index is 138. The zero-order valence-electron chi connectivity index (χ0n) is 6.59. The molecule has 3 atom stereocenters. The lowest BCUT2D eigenvalue weighted by atomic mass is 10.1. The van der Waals surface area contributed by atoms with Gasteiger partial charge in [-0.1, -0.05) is 6.92 Å². The van der Waals surface area contributed by atoms with Crippen molar-refractivity contribution in [3.63, 3.8) is 0 Å². The molecule has 1 aliphatic heterocycles. The predicted molar refractivity (Wildman–Crippen MR) is 44.6 cm³/mol. The van der Waals surface area contributed by atoms with Gasteiger partial charge >= 0.3 is 0 Å². The zero-order valence-corrected chi connectivity index (χ0v) is 7.41. The van der Waals surface area contributed by atoms with Gasteiger partial charge in [0.2, 0.25) is 0 Å². The summed E-state index contributed by atoms with van der Waals surface area (Å²) in [5, 5.41) is 3.70. The van der Waals surface area contributed by atoms with E-state index in [-0.39, 0.29) is 0 Å². The first kappa shape index (κ1) is 8.21. The maximum Gasteiger partial charge on any atom is 0.0473 e. The molecular weight excluding hydrogens is 146 g/mol. The normalized spacial score (nSPS) is 41.6.